The Morgan fingerprint density at radius 1 is 1.40 bits per heavy atom. The molecule has 0 aromatic heterocycles. The van der Waals surface area contributed by atoms with E-state index in [1.807, 2.05) is 4.90 Å². The topological polar surface area (TPSA) is 69.6 Å². The summed E-state index contributed by atoms with van der Waals surface area (Å²) in [5.74, 6) is -0.763. The molecule has 86 valence electrons. The number of amides is 1. The third kappa shape index (κ3) is 3.87. The van der Waals surface area contributed by atoms with Crippen molar-refractivity contribution in [2.75, 3.05) is 19.6 Å². The maximum Gasteiger partial charge on any atom is 0.320 e. The number of hydrogen-bond acceptors (Lipinski definition) is 3. The second-order valence-corrected chi connectivity index (χ2v) is 3.85. The Morgan fingerprint density at radius 3 is 2.53 bits per heavy atom. The lowest BCUT2D eigenvalue weighted by atomic mass is 10.3. The summed E-state index contributed by atoms with van der Waals surface area (Å²) >= 11 is 0. The summed E-state index contributed by atoms with van der Waals surface area (Å²) in [4.78, 5) is 23.8. The van der Waals surface area contributed by atoms with Crippen molar-refractivity contribution in [3.05, 3.63) is 0 Å². The van der Waals surface area contributed by atoms with Crippen molar-refractivity contribution in [3.63, 3.8) is 0 Å². The first-order valence-corrected chi connectivity index (χ1v) is 5.35. The van der Waals surface area contributed by atoms with Gasteiger partial charge in [-0.05, 0) is 19.8 Å². The smallest absolute Gasteiger partial charge is 0.320 e. The van der Waals surface area contributed by atoms with Crippen LogP contribution in [0.5, 0.6) is 0 Å². The monoisotopic (exact) mass is 214 g/mol. The number of carboxylic acid groups (broad SMARTS) is 1. The molecule has 1 unspecified atom stereocenters. The zero-order valence-corrected chi connectivity index (χ0v) is 9.03. The van der Waals surface area contributed by atoms with Gasteiger partial charge in [-0.2, -0.15) is 0 Å². The Hall–Kier alpha value is -1.10. The van der Waals surface area contributed by atoms with Gasteiger partial charge in [0.15, 0.2) is 0 Å². The van der Waals surface area contributed by atoms with Crippen LogP contribution in [0.3, 0.4) is 0 Å². The van der Waals surface area contributed by atoms with E-state index < -0.39 is 12.0 Å². The molecule has 0 saturated carbocycles. The van der Waals surface area contributed by atoms with Crippen LogP contribution < -0.4 is 5.32 Å². The average Bonchev–Trinajstić information content (AvgIpc) is 2.70. The van der Waals surface area contributed by atoms with Crippen LogP contribution in [0, 0.1) is 0 Å². The molecule has 0 bridgehead atoms. The summed E-state index contributed by atoms with van der Waals surface area (Å²) in [5.41, 5.74) is 0. The van der Waals surface area contributed by atoms with Crippen LogP contribution in [0.25, 0.3) is 0 Å². The number of carbonyl (C=O) groups excluding carboxylic acids is 1. The molecular weight excluding hydrogens is 196 g/mol. The number of nitrogens with one attached hydrogen (secondary N) is 1. The van der Waals surface area contributed by atoms with Crippen LogP contribution >= 0.6 is 0 Å². The maximum atomic E-state index is 11.5. The SMILES string of the molecule is CC(NCCC(=O)N1CCCC1)C(=O)O. The first-order valence-electron chi connectivity index (χ1n) is 5.35. The van der Waals surface area contributed by atoms with Gasteiger partial charge in [-0.15, -0.1) is 0 Å². The molecule has 5 heteroatoms. The van der Waals surface area contributed by atoms with Crippen molar-refractivity contribution in [3.8, 4) is 0 Å². The molecule has 0 spiro atoms. The highest BCUT2D eigenvalue weighted by atomic mass is 16.4. The van der Waals surface area contributed by atoms with E-state index in [-0.39, 0.29) is 5.91 Å². The highest BCUT2D eigenvalue weighted by Crippen LogP contribution is 2.08. The van der Waals surface area contributed by atoms with E-state index in [0.717, 1.165) is 25.9 Å². The predicted molar refractivity (Wildman–Crippen MR) is 55.5 cm³/mol. The molecule has 1 atom stereocenters. The minimum atomic E-state index is -0.886. The largest absolute Gasteiger partial charge is 0.480 e. The van der Waals surface area contributed by atoms with E-state index in [1.54, 1.807) is 6.92 Å². The van der Waals surface area contributed by atoms with Crippen molar-refractivity contribution in [2.24, 2.45) is 0 Å². The van der Waals surface area contributed by atoms with Gasteiger partial charge >= 0.3 is 5.97 Å². The summed E-state index contributed by atoms with van der Waals surface area (Å²) in [5, 5.41) is 11.4. The van der Waals surface area contributed by atoms with Gasteiger partial charge in [0.05, 0.1) is 0 Å². The van der Waals surface area contributed by atoms with Crippen LogP contribution in [0.2, 0.25) is 0 Å². The Morgan fingerprint density at radius 2 is 2.00 bits per heavy atom. The van der Waals surface area contributed by atoms with Gasteiger partial charge in [-0.3, -0.25) is 9.59 Å². The molecule has 5 nitrogen and oxygen atoms in total. The standard InChI is InChI=1S/C10H18N2O3/c1-8(10(14)15)11-5-4-9(13)12-6-2-3-7-12/h8,11H,2-7H2,1H3,(H,14,15). The van der Waals surface area contributed by atoms with Crippen molar-refractivity contribution >= 4 is 11.9 Å². The molecule has 1 saturated heterocycles. The third-order valence-corrected chi connectivity index (χ3v) is 2.62. The number of aliphatic carboxylic acids is 1. The number of carboxylic acids is 1. The van der Waals surface area contributed by atoms with Gasteiger partial charge in [-0.1, -0.05) is 0 Å². The minimum Gasteiger partial charge on any atom is -0.480 e. The number of rotatable bonds is 5. The zero-order chi connectivity index (χ0) is 11.3. The summed E-state index contributed by atoms with van der Waals surface area (Å²) in [6, 6.07) is -0.587. The second-order valence-electron chi connectivity index (χ2n) is 3.85. The number of likely N-dealkylation sites (tertiary alicyclic amines) is 1. The van der Waals surface area contributed by atoms with E-state index in [0.29, 0.717) is 13.0 Å². The first-order chi connectivity index (χ1) is 7.11. The van der Waals surface area contributed by atoms with Crippen LogP contribution in [-0.2, 0) is 9.59 Å². The highest BCUT2D eigenvalue weighted by molar-refractivity contribution is 5.77. The van der Waals surface area contributed by atoms with Gasteiger partial charge in [0.25, 0.3) is 0 Å². The van der Waals surface area contributed by atoms with Crippen molar-refractivity contribution in [2.45, 2.75) is 32.2 Å². The van der Waals surface area contributed by atoms with Crippen LogP contribution in [0.15, 0.2) is 0 Å². The molecule has 0 aromatic carbocycles. The van der Waals surface area contributed by atoms with Crippen LogP contribution in [0.1, 0.15) is 26.2 Å². The van der Waals surface area contributed by atoms with Gasteiger partial charge in [-0.25, -0.2) is 0 Å². The lowest BCUT2D eigenvalue weighted by Gasteiger charge is -2.15. The van der Waals surface area contributed by atoms with Crippen LogP contribution in [-0.4, -0.2) is 47.6 Å². The summed E-state index contributed by atoms with van der Waals surface area (Å²) in [6.07, 6.45) is 2.56. The summed E-state index contributed by atoms with van der Waals surface area (Å²) < 4.78 is 0. The fourth-order valence-electron chi connectivity index (χ4n) is 1.61. The number of carbonyl (C=O) groups is 2. The molecule has 1 fully saturated rings. The Kier molecular flexibility index (Phi) is 4.55. The van der Waals surface area contributed by atoms with Gasteiger partial charge in [0.2, 0.25) is 5.91 Å². The van der Waals surface area contributed by atoms with Gasteiger partial charge < -0.3 is 15.3 Å². The molecule has 1 aliphatic rings. The second kappa shape index (κ2) is 5.70. The molecular formula is C10H18N2O3. The molecule has 0 aliphatic carbocycles. The minimum absolute atomic E-state index is 0.123. The van der Waals surface area contributed by atoms with Crippen molar-refractivity contribution in [1.82, 2.24) is 10.2 Å². The van der Waals surface area contributed by atoms with E-state index in [1.165, 1.54) is 0 Å². The van der Waals surface area contributed by atoms with Crippen molar-refractivity contribution in [1.29, 1.82) is 0 Å². The number of hydrogen-bond donors (Lipinski definition) is 2. The zero-order valence-electron chi connectivity index (χ0n) is 9.03. The molecule has 1 heterocycles. The van der Waals surface area contributed by atoms with E-state index in [2.05, 4.69) is 5.32 Å². The molecule has 1 aliphatic heterocycles. The molecule has 0 radical (unpaired) electrons. The molecule has 0 aromatic rings. The normalized spacial score (nSPS) is 17.8. The quantitative estimate of drug-likeness (QED) is 0.679. The maximum absolute atomic E-state index is 11.5. The third-order valence-electron chi connectivity index (χ3n) is 2.62. The average molecular weight is 214 g/mol. The molecule has 1 amide bonds. The molecule has 1 rings (SSSR count). The number of nitrogens with zero attached hydrogens (tertiary/aromatic N) is 1. The van der Waals surface area contributed by atoms with Crippen LogP contribution in [0.4, 0.5) is 0 Å². The Labute approximate surface area is 89.4 Å². The highest BCUT2D eigenvalue weighted by Gasteiger charge is 2.17. The van der Waals surface area contributed by atoms with E-state index >= 15 is 0 Å². The summed E-state index contributed by atoms with van der Waals surface area (Å²) in [6.45, 7) is 3.71. The Bertz CT molecular complexity index is 237. The van der Waals surface area contributed by atoms with E-state index in [9.17, 15) is 9.59 Å². The van der Waals surface area contributed by atoms with Gasteiger partial charge in [0.1, 0.15) is 6.04 Å². The summed E-state index contributed by atoms with van der Waals surface area (Å²) in [7, 11) is 0. The fraction of sp³-hybridized carbons (Fsp3) is 0.800. The predicted octanol–water partition coefficient (Wildman–Crippen LogP) is 0.0616. The molecule has 15 heavy (non-hydrogen) atoms. The van der Waals surface area contributed by atoms with Crippen molar-refractivity contribution < 1.29 is 14.7 Å². The lowest BCUT2D eigenvalue weighted by Crippen LogP contribution is -2.37. The van der Waals surface area contributed by atoms with Gasteiger partial charge in [0, 0.05) is 26.1 Å². The fourth-order valence-corrected chi connectivity index (χ4v) is 1.61. The Balaban J connectivity index is 2.14. The first kappa shape index (κ1) is 12.0. The lowest BCUT2D eigenvalue weighted by molar-refractivity contribution is -0.139. The van der Waals surface area contributed by atoms with E-state index in [4.69, 9.17) is 5.11 Å². The molecule has 2 N–H and O–H groups in total.